The van der Waals surface area contributed by atoms with E-state index in [1.807, 2.05) is 6.07 Å². The van der Waals surface area contributed by atoms with E-state index < -0.39 is 0 Å². The molecule has 0 fully saturated rings. The molecule has 1 aliphatic heterocycles. The predicted octanol–water partition coefficient (Wildman–Crippen LogP) is 4.15. The summed E-state index contributed by atoms with van der Waals surface area (Å²) < 4.78 is 6.50. The maximum absolute atomic E-state index is 6.50. The number of hydrogen-bond donors (Lipinski definition) is 1. The zero-order chi connectivity index (χ0) is 14.9. The van der Waals surface area contributed by atoms with Crippen molar-refractivity contribution in [2.24, 2.45) is 5.73 Å². The molecule has 0 radical (unpaired) electrons. The van der Waals surface area contributed by atoms with Gasteiger partial charge < -0.3 is 10.5 Å². The average molecular weight is 281 g/mol. The van der Waals surface area contributed by atoms with Crippen LogP contribution in [0, 0.1) is 0 Å². The minimum absolute atomic E-state index is 0.120. The Bertz CT molecular complexity index is 608. The first-order valence-electron chi connectivity index (χ1n) is 7.72. The fourth-order valence-electron chi connectivity index (χ4n) is 3.35. The molecule has 1 aliphatic rings. The van der Waals surface area contributed by atoms with Gasteiger partial charge in [-0.1, -0.05) is 54.6 Å². The Morgan fingerprint density at radius 2 is 1.76 bits per heavy atom. The van der Waals surface area contributed by atoms with E-state index in [1.165, 1.54) is 16.7 Å². The Kier molecular flexibility index (Phi) is 3.83. The molecule has 0 saturated carbocycles. The smallest absolute Gasteiger partial charge is 0.119 e. The molecule has 2 heteroatoms. The van der Waals surface area contributed by atoms with Crippen LogP contribution in [0.2, 0.25) is 0 Å². The number of fused-ring (bicyclic) bond motifs is 1. The third-order valence-corrected chi connectivity index (χ3v) is 4.40. The van der Waals surface area contributed by atoms with Gasteiger partial charge in [-0.3, -0.25) is 0 Å². The predicted molar refractivity (Wildman–Crippen MR) is 86.0 cm³/mol. The molecule has 1 heterocycles. The van der Waals surface area contributed by atoms with Crippen LogP contribution >= 0.6 is 0 Å². The van der Waals surface area contributed by atoms with Crippen molar-refractivity contribution in [1.82, 2.24) is 0 Å². The molecule has 0 bridgehead atoms. The van der Waals surface area contributed by atoms with Crippen LogP contribution < -0.4 is 5.73 Å². The van der Waals surface area contributed by atoms with Crippen LogP contribution in [0.4, 0.5) is 0 Å². The van der Waals surface area contributed by atoms with E-state index in [2.05, 4.69) is 62.4 Å². The van der Waals surface area contributed by atoms with E-state index in [0.717, 1.165) is 12.8 Å². The molecule has 3 rings (SSSR count). The largest absolute Gasteiger partial charge is 0.358 e. The van der Waals surface area contributed by atoms with Crippen molar-refractivity contribution >= 4 is 0 Å². The summed E-state index contributed by atoms with van der Waals surface area (Å²) in [4.78, 5) is 0. The fourth-order valence-corrected chi connectivity index (χ4v) is 3.35. The first-order valence-corrected chi connectivity index (χ1v) is 7.72. The van der Waals surface area contributed by atoms with E-state index in [0.29, 0.717) is 0 Å². The lowest BCUT2D eigenvalue weighted by Crippen LogP contribution is -2.30. The van der Waals surface area contributed by atoms with Gasteiger partial charge >= 0.3 is 0 Å². The van der Waals surface area contributed by atoms with Gasteiger partial charge in [-0.05, 0) is 43.4 Å². The average Bonchev–Trinajstić information content (AvgIpc) is 2.80. The lowest BCUT2D eigenvalue weighted by Gasteiger charge is -2.32. The highest BCUT2D eigenvalue weighted by Crippen LogP contribution is 2.50. The summed E-state index contributed by atoms with van der Waals surface area (Å²) in [7, 11) is 0. The van der Waals surface area contributed by atoms with Crippen molar-refractivity contribution in [1.29, 1.82) is 0 Å². The molecule has 0 aromatic heterocycles. The van der Waals surface area contributed by atoms with Gasteiger partial charge in [-0.15, -0.1) is 0 Å². The molecule has 0 spiro atoms. The number of hydrogen-bond acceptors (Lipinski definition) is 2. The van der Waals surface area contributed by atoms with Gasteiger partial charge in [0.25, 0.3) is 0 Å². The molecule has 2 N–H and O–H groups in total. The van der Waals surface area contributed by atoms with Gasteiger partial charge in [0, 0.05) is 6.04 Å². The van der Waals surface area contributed by atoms with Crippen molar-refractivity contribution in [2.75, 3.05) is 0 Å². The normalized spacial score (nSPS) is 25.6. The van der Waals surface area contributed by atoms with Crippen molar-refractivity contribution in [3.8, 4) is 0 Å². The lowest BCUT2D eigenvalue weighted by molar-refractivity contribution is -0.0479. The topological polar surface area (TPSA) is 35.2 Å². The zero-order valence-corrected chi connectivity index (χ0v) is 12.8. The molecule has 110 valence electrons. The van der Waals surface area contributed by atoms with Gasteiger partial charge in [0.15, 0.2) is 0 Å². The number of benzene rings is 2. The SMILES string of the molecule is CC(N)CCC1(c2ccccc2)OC(C)c2ccccc21. The maximum Gasteiger partial charge on any atom is 0.119 e. The van der Waals surface area contributed by atoms with Crippen molar-refractivity contribution in [2.45, 2.75) is 44.4 Å². The van der Waals surface area contributed by atoms with Crippen LogP contribution in [0.25, 0.3) is 0 Å². The standard InChI is InChI=1S/C19H23NO/c1-14(20)12-13-19(16-8-4-3-5-9-16)18-11-7-6-10-17(18)15(2)21-19/h3-11,14-15H,12-13,20H2,1-2H3. The Labute approximate surface area is 126 Å². The molecule has 21 heavy (non-hydrogen) atoms. The molecule has 0 saturated heterocycles. The summed E-state index contributed by atoms with van der Waals surface area (Å²) >= 11 is 0. The summed E-state index contributed by atoms with van der Waals surface area (Å²) in [5.74, 6) is 0. The van der Waals surface area contributed by atoms with Crippen LogP contribution in [-0.2, 0) is 10.3 Å². The summed E-state index contributed by atoms with van der Waals surface area (Å²) in [6.45, 7) is 4.19. The van der Waals surface area contributed by atoms with E-state index in [9.17, 15) is 0 Å². The number of ether oxygens (including phenoxy) is 1. The summed E-state index contributed by atoms with van der Waals surface area (Å²) in [6.07, 6.45) is 1.97. The second kappa shape index (κ2) is 5.63. The van der Waals surface area contributed by atoms with Crippen LogP contribution in [0.3, 0.4) is 0 Å². The van der Waals surface area contributed by atoms with Crippen LogP contribution in [0.15, 0.2) is 54.6 Å². The second-order valence-electron chi connectivity index (χ2n) is 6.06. The summed E-state index contributed by atoms with van der Waals surface area (Å²) in [5.41, 5.74) is 9.47. The molecule has 2 aromatic carbocycles. The minimum Gasteiger partial charge on any atom is -0.358 e. The zero-order valence-electron chi connectivity index (χ0n) is 12.8. The van der Waals surface area contributed by atoms with Gasteiger partial charge in [0.05, 0.1) is 6.10 Å². The van der Waals surface area contributed by atoms with E-state index in [-0.39, 0.29) is 17.7 Å². The Morgan fingerprint density at radius 1 is 1.10 bits per heavy atom. The third-order valence-electron chi connectivity index (χ3n) is 4.40. The lowest BCUT2D eigenvalue weighted by atomic mass is 9.81. The van der Waals surface area contributed by atoms with Crippen molar-refractivity contribution in [3.05, 3.63) is 71.3 Å². The van der Waals surface area contributed by atoms with Gasteiger partial charge in [0.1, 0.15) is 5.60 Å². The molecule has 2 nitrogen and oxygen atoms in total. The number of nitrogens with two attached hydrogens (primary N) is 1. The molecular formula is C19H23NO. The molecule has 2 aromatic rings. The fraction of sp³-hybridized carbons (Fsp3) is 0.368. The quantitative estimate of drug-likeness (QED) is 0.913. The minimum atomic E-state index is -0.356. The monoisotopic (exact) mass is 281 g/mol. The Hall–Kier alpha value is -1.64. The molecular weight excluding hydrogens is 258 g/mol. The molecule has 3 unspecified atom stereocenters. The van der Waals surface area contributed by atoms with Gasteiger partial charge in [-0.2, -0.15) is 0 Å². The van der Waals surface area contributed by atoms with Crippen LogP contribution in [0.1, 0.15) is 49.5 Å². The van der Waals surface area contributed by atoms with E-state index in [1.54, 1.807) is 0 Å². The summed E-state index contributed by atoms with van der Waals surface area (Å²) in [5, 5.41) is 0. The molecule has 3 atom stereocenters. The van der Waals surface area contributed by atoms with Gasteiger partial charge in [-0.25, -0.2) is 0 Å². The first-order chi connectivity index (χ1) is 10.1. The highest BCUT2D eigenvalue weighted by Gasteiger charge is 2.44. The van der Waals surface area contributed by atoms with Gasteiger partial charge in [0.2, 0.25) is 0 Å². The second-order valence-corrected chi connectivity index (χ2v) is 6.06. The van der Waals surface area contributed by atoms with E-state index in [4.69, 9.17) is 10.5 Å². The van der Waals surface area contributed by atoms with Crippen LogP contribution in [0.5, 0.6) is 0 Å². The maximum atomic E-state index is 6.50. The van der Waals surface area contributed by atoms with E-state index >= 15 is 0 Å². The Balaban J connectivity index is 2.11. The first kappa shape index (κ1) is 14.3. The highest BCUT2D eigenvalue weighted by atomic mass is 16.5. The highest BCUT2D eigenvalue weighted by molar-refractivity contribution is 5.45. The third kappa shape index (κ3) is 2.50. The van der Waals surface area contributed by atoms with Crippen molar-refractivity contribution < 1.29 is 4.74 Å². The number of rotatable bonds is 4. The molecule has 0 amide bonds. The van der Waals surface area contributed by atoms with Crippen LogP contribution in [-0.4, -0.2) is 6.04 Å². The van der Waals surface area contributed by atoms with Crippen molar-refractivity contribution in [3.63, 3.8) is 0 Å². The molecule has 0 aliphatic carbocycles. The summed E-state index contributed by atoms with van der Waals surface area (Å²) in [6, 6.07) is 19.3. The Morgan fingerprint density at radius 3 is 2.48 bits per heavy atom.